The van der Waals surface area contributed by atoms with Crippen LogP contribution in [-0.4, -0.2) is 24.8 Å². The molecule has 2 aliphatic heterocycles. The molecule has 2 heterocycles. The van der Waals surface area contributed by atoms with Gasteiger partial charge in [-0.2, -0.15) is 0 Å². The molecule has 0 spiro atoms. The quantitative estimate of drug-likeness (QED) is 0.0662. The van der Waals surface area contributed by atoms with Gasteiger partial charge in [0.15, 0.2) is 46.3 Å². The lowest BCUT2D eigenvalue weighted by molar-refractivity contribution is 0.0511. The lowest BCUT2D eigenvalue weighted by Gasteiger charge is -2.32. The summed E-state index contributed by atoms with van der Waals surface area (Å²) >= 11 is 0. The van der Waals surface area contributed by atoms with Gasteiger partial charge in [-0.15, -0.1) is 0 Å². The summed E-state index contributed by atoms with van der Waals surface area (Å²) in [5, 5.41) is 0.547. The summed E-state index contributed by atoms with van der Waals surface area (Å²) in [5.41, 5.74) is 1.26. The number of carbonyl (C=O) groups is 2. The van der Waals surface area contributed by atoms with E-state index >= 15 is 0 Å². The first-order valence-corrected chi connectivity index (χ1v) is 16.7. The third kappa shape index (κ3) is 5.18. The zero-order valence-corrected chi connectivity index (χ0v) is 26.4. The summed E-state index contributed by atoms with van der Waals surface area (Å²) < 4.78 is 76.2. The van der Waals surface area contributed by atoms with Gasteiger partial charge in [-0.1, -0.05) is 52.4 Å². The molecule has 2 bridgehead atoms. The second kappa shape index (κ2) is 12.6. The second-order valence-electron chi connectivity index (χ2n) is 12.9. The van der Waals surface area contributed by atoms with Crippen molar-refractivity contribution in [3.8, 4) is 11.5 Å². The predicted octanol–water partition coefficient (Wildman–Crippen LogP) is 9.91. The Labute approximate surface area is 270 Å². The average Bonchev–Trinajstić information content (AvgIpc) is 3.64. The van der Waals surface area contributed by atoms with Gasteiger partial charge in [0.25, 0.3) is 0 Å². The van der Waals surface area contributed by atoms with Gasteiger partial charge in [0.1, 0.15) is 0 Å². The number of unbranched alkanes of at least 4 members (excludes halogenated alkanes) is 6. The molecule has 5 nitrogen and oxygen atoms in total. The zero-order valence-electron chi connectivity index (χ0n) is 26.4. The molecule has 0 N–H and O–H groups in total. The molecule has 4 unspecified atom stereocenters. The Morgan fingerprint density at radius 1 is 0.574 bits per heavy atom. The van der Waals surface area contributed by atoms with Gasteiger partial charge < -0.3 is 14.2 Å². The van der Waals surface area contributed by atoms with Crippen LogP contribution in [0.1, 0.15) is 109 Å². The summed E-state index contributed by atoms with van der Waals surface area (Å²) in [7, 11) is 0. The molecular formula is C38H36F4O5. The van der Waals surface area contributed by atoms with E-state index in [1.807, 2.05) is 24.3 Å². The van der Waals surface area contributed by atoms with Gasteiger partial charge in [0.2, 0.25) is 0 Å². The van der Waals surface area contributed by atoms with Crippen LogP contribution in [0.3, 0.4) is 0 Å². The lowest BCUT2D eigenvalue weighted by Crippen LogP contribution is -2.39. The normalized spacial score (nSPS) is 21.0. The fourth-order valence-electron chi connectivity index (χ4n) is 7.48. The fraction of sp³-hybridized carbons (Fsp3) is 0.421. The van der Waals surface area contributed by atoms with E-state index in [0.717, 1.165) is 85.4 Å². The maximum Gasteiger partial charge on any atom is 0.198 e. The molecule has 4 aromatic carbocycles. The second-order valence-corrected chi connectivity index (χ2v) is 12.9. The van der Waals surface area contributed by atoms with Crippen LogP contribution in [0.25, 0.3) is 21.5 Å². The standard InChI is InChI=1S/C38H36F4O5/c1-3-5-7-9-11-45-27-15-19-13-25-26(14-20(19)16-28(27)46-12-10-8-6-4-2)38-30-29(37(25)47-38)35(43)23-17-21-22(18-24(23)36(30)44)32(40)34(42)33(41)31(21)39/h13-18,29-30,37-38H,3-12H2,1-2H3. The number of rotatable bonds is 12. The minimum atomic E-state index is -1.97. The highest BCUT2D eigenvalue weighted by atomic mass is 19.2. The molecule has 1 aliphatic carbocycles. The molecule has 4 atom stereocenters. The molecule has 0 amide bonds. The van der Waals surface area contributed by atoms with E-state index in [0.29, 0.717) is 24.7 Å². The molecule has 47 heavy (non-hydrogen) atoms. The smallest absolute Gasteiger partial charge is 0.198 e. The molecule has 4 aromatic rings. The Balaban J connectivity index is 1.24. The Kier molecular flexibility index (Phi) is 8.45. The minimum Gasteiger partial charge on any atom is -0.490 e. The molecular weight excluding hydrogens is 612 g/mol. The molecule has 0 saturated carbocycles. The van der Waals surface area contributed by atoms with Crippen LogP contribution in [0, 0.1) is 35.1 Å². The number of carbonyl (C=O) groups excluding carboxylic acids is 2. The highest BCUT2D eigenvalue weighted by Crippen LogP contribution is 2.61. The van der Waals surface area contributed by atoms with E-state index in [1.54, 1.807) is 0 Å². The molecule has 1 saturated heterocycles. The van der Waals surface area contributed by atoms with E-state index in [2.05, 4.69) is 13.8 Å². The molecule has 9 heteroatoms. The first-order chi connectivity index (χ1) is 22.7. The first kappa shape index (κ1) is 31.6. The van der Waals surface area contributed by atoms with Crippen molar-refractivity contribution in [1.29, 1.82) is 0 Å². The first-order valence-electron chi connectivity index (χ1n) is 16.7. The van der Waals surface area contributed by atoms with E-state index in [4.69, 9.17) is 14.2 Å². The summed E-state index contributed by atoms with van der Waals surface area (Å²) in [6.45, 7) is 5.44. The number of benzene rings is 4. The molecule has 3 aliphatic rings. The number of halogens is 4. The van der Waals surface area contributed by atoms with Crippen molar-refractivity contribution < 1.29 is 41.4 Å². The largest absolute Gasteiger partial charge is 0.490 e. The molecule has 0 aromatic heterocycles. The van der Waals surface area contributed by atoms with Gasteiger partial charge in [-0.05, 0) is 71.1 Å². The van der Waals surface area contributed by atoms with E-state index in [-0.39, 0.29) is 11.1 Å². The van der Waals surface area contributed by atoms with Crippen LogP contribution in [0.15, 0.2) is 36.4 Å². The summed E-state index contributed by atoms with van der Waals surface area (Å²) in [4.78, 5) is 27.8. The third-order valence-electron chi connectivity index (χ3n) is 9.91. The summed E-state index contributed by atoms with van der Waals surface area (Å²) in [6.07, 6.45) is 7.08. The SMILES string of the molecule is CCCCCCOc1cc2cc3c(cc2cc1OCCCCCC)C1OC3C2C(=O)c3cc4c(F)c(F)c(F)c(F)c4cc3C(=O)C12. The molecule has 246 valence electrons. The Morgan fingerprint density at radius 3 is 1.40 bits per heavy atom. The highest BCUT2D eigenvalue weighted by Gasteiger charge is 2.60. The van der Waals surface area contributed by atoms with E-state index in [9.17, 15) is 27.2 Å². The van der Waals surface area contributed by atoms with Gasteiger partial charge in [0.05, 0.1) is 37.3 Å². The van der Waals surface area contributed by atoms with Crippen LogP contribution < -0.4 is 9.47 Å². The lowest BCUT2D eigenvalue weighted by atomic mass is 9.65. The maximum atomic E-state index is 14.7. The Morgan fingerprint density at radius 2 is 1.00 bits per heavy atom. The van der Waals surface area contributed by atoms with E-state index < -0.39 is 69.7 Å². The van der Waals surface area contributed by atoms with Gasteiger partial charge >= 0.3 is 0 Å². The number of ketones is 2. The summed E-state index contributed by atoms with van der Waals surface area (Å²) in [6, 6.07) is 9.73. The highest BCUT2D eigenvalue weighted by molar-refractivity contribution is 6.19. The maximum absolute atomic E-state index is 14.7. The van der Waals surface area contributed by atoms with Crippen molar-refractivity contribution in [2.24, 2.45) is 11.8 Å². The van der Waals surface area contributed by atoms with Crippen LogP contribution >= 0.6 is 0 Å². The summed E-state index contributed by atoms with van der Waals surface area (Å²) in [5.74, 6) is -8.60. The third-order valence-corrected chi connectivity index (χ3v) is 9.91. The van der Waals surface area contributed by atoms with Gasteiger partial charge in [-0.3, -0.25) is 9.59 Å². The van der Waals surface area contributed by atoms with E-state index in [1.165, 1.54) is 0 Å². The van der Waals surface area contributed by atoms with Crippen molar-refractivity contribution >= 4 is 33.1 Å². The number of Topliss-reactive ketones (excluding diaryl/α,β-unsaturated/α-hetero) is 2. The topological polar surface area (TPSA) is 61.8 Å². The molecule has 1 fully saturated rings. The number of hydrogen-bond donors (Lipinski definition) is 0. The van der Waals surface area contributed by atoms with Crippen LogP contribution in [0.5, 0.6) is 11.5 Å². The zero-order chi connectivity index (χ0) is 33.0. The number of fused-ring (bicyclic) bond motifs is 11. The number of ether oxygens (including phenoxy) is 3. The molecule has 7 rings (SSSR count). The van der Waals surface area contributed by atoms with Crippen molar-refractivity contribution in [2.75, 3.05) is 13.2 Å². The number of hydrogen-bond acceptors (Lipinski definition) is 5. The minimum absolute atomic E-state index is 0.147. The van der Waals surface area contributed by atoms with Crippen LogP contribution in [0.4, 0.5) is 17.6 Å². The Hall–Kier alpha value is -3.98. The van der Waals surface area contributed by atoms with Crippen molar-refractivity contribution in [3.05, 3.63) is 81.9 Å². The van der Waals surface area contributed by atoms with Crippen molar-refractivity contribution in [1.82, 2.24) is 0 Å². The predicted molar refractivity (Wildman–Crippen MR) is 169 cm³/mol. The van der Waals surface area contributed by atoms with Crippen LogP contribution in [-0.2, 0) is 4.74 Å². The van der Waals surface area contributed by atoms with Crippen LogP contribution in [0.2, 0.25) is 0 Å². The Bertz CT molecular complexity index is 1790. The van der Waals surface area contributed by atoms with Crippen molar-refractivity contribution in [2.45, 2.75) is 77.4 Å². The molecule has 0 radical (unpaired) electrons. The van der Waals surface area contributed by atoms with Gasteiger partial charge in [-0.25, -0.2) is 17.6 Å². The fourth-order valence-corrected chi connectivity index (χ4v) is 7.48. The van der Waals surface area contributed by atoms with Crippen molar-refractivity contribution in [3.63, 3.8) is 0 Å². The van der Waals surface area contributed by atoms with Gasteiger partial charge in [0, 0.05) is 21.9 Å². The average molecular weight is 649 g/mol. The monoisotopic (exact) mass is 648 g/mol.